The molecule has 1 aliphatic rings. The topological polar surface area (TPSA) is 138 Å². The van der Waals surface area contributed by atoms with Gasteiger partial charge in [0.1, 0.15) is 5.82 Å². The van der Waals surface area contributed by atoms with Gasteiger partial charge in [-0.2, -0.15) is 4.98 Å². The molecule has 0 bridgehead atoms. The van der Waals surface area contributed by atoms with Gasteiger partial charge in [0.2, 0.25) is 5.82 Å². The average Bonchev–Trinajstić information content (AvgIpc) is 3.60. The Morgan fingerprint density at radius 3 is 2.74 bits per heavy atom. The molecule has 4 N–H and O–H groups in total. The van der Waals surface area contributed by atoms with Crippen LogP contribution < -0.4 is 16.0 Å². The Hall–Kier alpha value is -5.09. The highest BCUT2D eigenvalue weighted by atomic mass is 16.5. The number of hydrogen-bond donors (Lipinski definition) is 4. The van der Waals surface area contributed by atoms with Gasteiger partial charge >= 0.3 is 0 Å². The summed E-state index contributed by atoms with van der Waals surface area (Å²) < 4.78 is 5.59. The van der Waals surface area contributed by atoms with Crippen molar-refractivity contribution < 1.29 is 14.4 Å². The number of hydrogen-bond acceptors (Lipinski definition) is 9. The van der Waals surface area contributed by atoms with E-state index in [0.29, 0.717) is 35.0 Å². The van der Waals surface area contributed by atoms with E-state index >= 15 is 0 Å². The van der Waals surface area contributed by atoms with Gasteiger partial charge in [0.15, 0.2) is 0 Å². The van der Waals surface area contributed by atoms with Crippen molar-refractivity contribution in [2.24, 2.45) is 0 Å². The molecule has 4 heterocycles. The molecule has 10 heteroatoms. The van der Waals surface area contributed by atoms with E-state index < -0.39 is 0 Å². The molecule has 6 rings (SSSR count). The van der Waals surface area contributed by atoms with E-state index in [-0.39, 0.29) is 24.4 Å². The lowest BCUT2D eigenvalue weighted by Crippen LogP contribution is -2.15. The standard InChI is InChI=1S/C28H23N7O3/c36-16-24(17-5-2-1-3-6-17)33-23-12-25(32-20-8-9-21-19(11-20)14-31-27(21)37)30-15-22(23)28-34-26(35-38-28)18-7-4-10-29-13-18/h1-13,15,24,36H,14,16H2,(H,31,37)(H2,30,32,33)/t24-/m1/s1. The molecule has 0 aliphatic carbocycles. The predicted molar refractivity (Wildman–Crippen MR) is 142 cm³/mol. The van der Waals surface area contributed by atoms with E-state index in [1.807, 2.05) is 54.6 Å². The van der Waals surface area contributed by atoms with Crippen molar-refractivity contribution in [3.05, 3.63) is 102 Å². The first kappa shape index (κ1) is 23.3. The number of amides is 1. The fourth-order valence-electron chi connectivity index (χ4n) is 4.32. The largest absolute Gasteiger partial charge is 0.394 e. The monoisotopic (exact) mass is 505 g/mol. The van der Waals surface area contributed by atoms with Crippen LogP contribution in [0.4, 0.5) is 17.2 Å². The van der Waals surface area contributed by atoms with Crippen LogP contribution in [0, 0.1) is 0 Å². The number of aromatic nitrogens is 4. The van der Waals surface area contributed by atoms with Crippen molar-refractivity contribution in [3.8, 4) is 22.8 Å². The molecule has 0 fully saturated rings. The van der Waals surface area contributed by atoms with Crippen molar-refractivity contribution in [1.82, 2.24) is 25.4 Å². The predicted octanol–water partition coefficient (Wildman–Crippen LogP) is 4.33. The normalized spacial score (nSPS) is 13.0. The summed E-state index contributed by atoms with van der Waals surface area (Å²) in [6.07, 6.45) is 4.98. The molecule has 38 heavy (non-hydrogen) atoms. The van der Waals surface area contributed by atoms with Crippen LogP contribution in [0.5, 0.6) is 0 Å². The summed E-state index contributed by atoms with van der Waals surface area (Å²) in [7, 11) is 0. The zero-order chi connectivity index (χ0) is 25.9. The van der Waals surface area contributed by atoms with Crippen molar-refractivity contribution in [2.45, 2.75) is 12.6 Å². The number of nitrogens with zero attached hydrogens (tertiary/aromatic N) is 4. The van der Waals surface area contributed by atoms with E-state index in [4.69, 9.17) is 4.52 Å². The van der Waals surface area contributed by atoms with Gasteiger partial charge in [-0.15, -0.1) is 0 Å². The van der Waals surface area contributed by atoms with Gasteiger partial charge in [-0.1, -0.05) is 35.5 Å². The molecule has 1 aliphatic heterocycles. The Balaban J connectivity index is 1.35. The third-order valence-corrected chi connectivity index (χ3v) is 6.26. The van der Waals surface area contributed by atoms with Gasteiger partial charge < -0.3 is 25.6 Å². The van der Waals surface area contributed by atoms with E-state index in [9.17, 15) is 9.90 Å². The lowest BCUT2D eigenvalue weighted by atomic mass is 10.1. The zero-order valence-electron chi connectivity index (χ0n) is 20.1. The third kappa shape index (κ3) is 4.67. The molecule has 5 aromatic rings. The SMILES string of the molecule is O=C1NCc2cc(Nc3cc(N[C@H](CO)c4ccccc4)c(-c4nc(-c5cccnc5)no4)cn3)ccc21. The Morgan fingerprint density at radius 1 is 1.03 bits per heavy atom. The average molecular weight is 506 g/mol. The number of carbonyl (C=O) groups is 1. The van der Waals surface area contributed by atoms with Crippen LogP contribution in [0.1, 0.15) is 27.5 Å². The molecule has 0 saturated heterocycles. The second kappa shape index (κ2) is 10.1. The zero-order valence-corrected chi connectivity index (χ0v) is 20.1. The molecular formula is C28H23N7O3. The van der Waals surface area contributed by atoms with Crippen LogP contribution in [0.25, 0.3) is 22.8 Å². The number of rotatable bonds is 8. The molecular weight excluding hydrogens is 482 g/mol. The fourth-order valence-corrected chi connectivity index (χ4v) is 4.32. The van der Waals surface area contributed by atoms with E-state index in [1.165, 1.54) is 0 Å². The highest BCUT2D eigenvalue weighted by Crippen LogP contribution is 2.33. The number of nitrogens with one attached hydrogen (secondary N) is 3. The maximum atomic E-state index is 11.9. The van der Waals surface area contributed by atoms with Crippen LogP contribution in [0.15, 0.2) is 89.8 Å². The molecule has 1 atom stereocenters. The molecule has 2 aromatic carbocycles. The Morgan fingerprint density at radius 2 is 1.92 bits per heavy atom. The number of aliphatic hydroxyl groups excluding tert-OH is 1. The summed E-state index contributed by atoms with van der Waals surface area (Å²) in [5.41, 5.74) is 5.27. The maximum Gasteiger partial charge on any atom is 0.261 e. The van der Waals surface area contributed by atoms with Crippen molar-refractivity contribution in [1.29, 1.82) is 0 Å². The van der Waals surface area contributed by atoms with Gasteiger partial charge in [0, 0.05) is 48.0 Å². The van der Waals surface area contributed by atoms with Crippen molar-refractivity contribution in [2.75, 3.05) is 17.2 Å². The van der Waals surface area contributed by atoms with Gasteiger partial charge in [-0.3, -0.25) is 9.78 Å². The maximum absolute atomic E-state index is 11.9. The van der Waals surface area contributed by atoms with Crippen LogP contribution >= 0.6 is 0 Å². The van der Waals surface area contributed by atoms with E-state index in [1.54, 1.807) is 30.7 Å². The number of carbonyl (C=O) groups excluding carboxylic acids is 1. The minimum atomic E-state index is -0.386. The quantitative estimate of drug-likeness (QED) is 0.243. The van der Waals surface area contributed by atoms with Gasteiger partial charge in [-0.05, 0) is 41.5 Å². The molecule has 0 radical (unpaired) electrons. The highest BCUT2D eigenvalue weighted by Gasteiger charge is 2.21. The lowest BCUT2D eigenvalue weighted by molar-refractivity contribution is 0.0965. The summed E-state index contributed by atoms with van der Waals surface area (Å²) in [4.78, 5) is 25.1. The summed E-state index contributed by atoms with van der Waals surface area (Å²) in [5, 5.41) is 23.8. The van der Waals surface area contributed by atoms with Gasteiger partial charge in [0.05, 0.1) is 23.9 Å². The molecule has 188 valence electrons. The van der Waals surface area contributed by atoms with E-state index in [2.05, 4.69) is 36.1 Å². The summed E-state index contributed by atoms with van der Waals surface area (Å²) in [5.74, 6) is 1.17. The van der Waals surface area contributed by atoms with Crippen molar-refractivity contribution in [3.63, 3.8) is 0 Å². The Labute approximate surface area is 217 Å². The Bertz CT molecular complexity index is 1590. The second-order valence-electron chi connectivity index (χ2n) is 8.75. The van der Waals surface area contributed by atoms with Crippen LogP contribution in [0.2, 0.25) is 0 Å². The first-order valence-corrected chi connectivity index (χ1v) is 12.0. The second-order valence-corrected chi connectivity index (χ2v) is 8.75. The first-order valence-electron chi connectivity index (χ1n) is 12.0. The Kier molecular flexibility index (Phi) is 6.20. The number of anilines is 3. The number of fused-ring (bicyclic) bond motifs is 1. The van der Waals surface area contributed by atoms with Gasteiger partial charge in [0.25, 0.3) is 11.8 Å². The smallest absolute Gasteiger partial charge is 0.261 e. The lowest BCUT2D eigenvalue weighted by Gasteiger charge is -2.20. The van der Waals surface area contributed by atoms with Crippen LogP contribution in [-0.2, 0) is 6.54 Å². The summed E-state index contributed by atoms with van der Waals surface area (Å²) in [6.45, 7) is 0.361. The first-order chi connectivity index (χ1) is 18.7. The minimum absolute atomic E-state index is 0.0679. The van der Waals surface area contributed by atoms with Crippen LogP contribution in [0.3, 0.4) is 0 Å². The third-order valence-electron chi connectivity index (χ3n) is 6.26. The highest BCUT2D eigenvalue weighted by molar-refractivity contribution is 5.98. The summed E-state index contributed by atoms with van der Waals surface area (Å²) >= 11 is 0. The van der Waals surface area contributed by atoms with Crippen molar-refractivity contribution >= 4 is 23.1 Å². The molecule has 3 aromatic heterocycles. The van der Waals surface area contributed by atoms with Crippen LogP contribution in [-0.4, -0.2) is 37.7 Å². The number of aliphatic hydroxyl groups is 1. The molecule has 10 nitrogen and oxygen atoms in total. The van der Waals surface area contributed by atoms with Gasteiger partial charge in [-0.25, -0.2) is 4.98 Å². The molecule has 0 saturated carbocycles. The van der Waals surface area contributed by atoms with E-state index in [0.717, 1.165) is 22.4 Å². The fraction of sp³-hybridized carbons (Fsp3) is 0.107. The number of pyridine rings is 2. The summed E-state index contributed by atoms with van der Waals surface area (Å²) in [6, 6.07) is 20.3. The minimum Gasteiger partial charge on any atom is -0.394 e. The number of benzene rings is 2. The molecule has 0 spiro atoms. The molecule has 1 amide bonds. The molecule has 0 unspecified atom stereocenters.